The van der Waals surface area contributed by atoms with Crippen molar-refractivity contribution >= 4 is 15.7 Å². The highest BCUT2D eigenvalue weighted by atomic mass is 32.2. The lowest BCUT2D eigenvalue weighted by Gasteiger charge is -2.07. The summed E-state index contributed by atoms with van der Waals surface area (Å²) in [5, 5.41) is 11.3. The van der Waals surface area contributed by atoms with Gasteiger partial charge in [-0.3, -0.25) is 10.1 Å². The van der Waals surface area contributed by atoms with Gasteiger partial charge >= 0.3 is 0 Å². The fraction of sp³-hybridized carbons (Fsp3) is 0.231. The number of amides is 1. The smallest absolute Gasteiger partial charge is 0.258 e. The molecule has 0 aliphatic carbocycles. The van der Waals surface area contributed by atoms with Crippen LogP contribution in [0, 0.1) is 11.3 Å². The molecule has 0 saturated carbocycles. The van der Waals surface area contributed by atoms with Crippen LogP contribution in [-0.2, 0) is 14.6 Å². The average molecular weight is 292 g/mol. The molecule has 1 N–H and O–H groups in total. The second kappa shape index (κ2) is 5.35. The van der Waals surface area contributed by atoms with Crippen LogP contribution < -0.4 is 5.32 Å². The predicted molar refractivity (Wildman–Crippen MR) is 70.2 cm³/mol. The van der Waals surface area contributed by atoms with E-state index in [1.165, 1.54) is 24.3 Å². The Balaban J connectivity index is 2.25. The Hall–Kier alpha value is -2.33. The number of carbonyl (C=O) groups is 1. The number of sulfone groups is 1. The van der Waals surface area contributed by atoms with Crippen LogP contribution in [-0.4, -0.2) is 27.2 Å². The second-order valence-electron chi connectivity index (χ2n) is 4.27. The van der Waals surface area contributed by atoms with Crippen molar-refractivity contribution < 1.29 is 17.9 Å². The standard InChI is InChI=1S/C13H12N2O4S/c1-20(17,18)11-4-2-3-9(7-11)12(16)15-13-10(8-14)5-6-19-13/h2-4,7H,5-6H2,1H3,(H,15,16). The molecule has 0 bridgehead atoms. The van der Waals surface area contributed by atoms with Crippen LogP contribution in [0.1, 0.15) is 16.8 Å². The van der Waals surface area contributed by atoms with Crippen molar-refractivity contribution in [2.45, 2.75) is 11.3 Å². The molecule has 0 unspecified atom stereocenters. The SMILES string of the molecule is CS(=O)(=O)c1cccc(C(=O)NC2=C(C#N)CCO2)c1. The normalized spacial score (nSPS) is 14.6. The van der Waals surface area contributed by atoms with Crippen LogP contribution in [0.4, 0.5) is 0 Å². The molecular formula is C13H12N2O4S. The highest BCUT2D eigenvalue weighted by molar-refractivity contribution is 7.90. The molecule has 1 aliphatic rings. The van der Waals surface area contributed by atoms with E-state index in [0.717, 1.165) is 6.26 Å². The number of benzene rings is 1. The number of nitrogens with zero attached hydrogens (tertiary/aromatic N) is 1. The first-order valence-corrected chi connectivity index (χ1v) is 7.68. The van der Waals surface area contributed by atoms with Gasteiger partial charge in [-0.1, -0.05) is 6.07 Å². The molecule has 1 amide bonds. The third-order valence-electron chi connectivity index (χ3n) is 2.76. The topological polar surface area (TPSA) is 96.3 Å². The molecule has 6 nitrogen and oxygen atoms in total. The number of nitriles is 1. The maximum absolute atomic E-state index is 12.0. The van der Waals surface area contributed by atoms with E-state index in [4.69, 9.17) is 10.00 Å². The number of carbonyl (C=O) groups excluding carboxylic acids is 1. The fourth-order valence-electron chi connectivity index (χ4n) is 1.72. The van der Waals surface area contributed by atoms with Gasteiger partial charge in [-0.2, -0.15) is 5.26 Å². The Labute approximate surface area is 116 Å². The van der Waals surface area contributed by atoms with Crippen LogP contribution in [0.5, 0.6) is 0 Å². The minimum Gasteiger partial charge on any atom is -0.478 e. The summed E-state index contributed by atoms with van der Waals surface area (Å²) in [6.45, 7) is 0.349. The van der Waals surface area contributed by atoms with Gasteiger partial charge in [-0.05, 0) is 18.2 Å². The summed E-state index contributed by atoms with van der Waals surface area (Å²) in [6.07, 6.45) is 1.52. The number of rotatable bonds is 3. The molecule has 7 heteroatoms. The number of hydrogen-bond acceptors (Lipinski definition) is 5. The van der Waals surface area contributed by atoms with Crippen LogP contribution in [0.3, 0.4) is 0 Å². The molecule has 0 fully saturated rings. The molecule has 104 valence electrons. The van der Waals surface area contributed by atoms with Gasteiger partial charge in [-0.15, -0.1) is 0 Å². The molecule has 0 atom stereocenters. The summed E-state index contributed by atoms with van der Waals surface area (Å²) < 4.78 is 28.0. The molecule has 20 heavy (non-hydrogen) atoms. The predicted octanol–water partition coefficient (Wildman–Crippen LogP) is 0.975. The van der Waals surface area contributed by atoms with Gasteiger partial charge in [0.25, 0.3) is 5.91 Å². The zero-order valence-corrected chi connectivity index (χ0v) is 11.5. The van der Waals surface area contributed by atoms with Crippen LogP contribution >= 0.6 is 0 Å². The van der Waals surface area contributed by atoms with Gasteiger partial charge in [-0.25, -0.2) is 8.42 Å². The Morgan fingerprint density at radius 3 is 2.85 bits per heavy atom. The lowest BCUT2D eigenvalue weighted by molar-refractivity contribution is 0.0930. The van der Waals surface area contributed by atoms with E-state index in [1.54, 1.807) is 0 Å². The minimum atomic E-state index is -3.38. The molecule has 0 saturated heterocycles. The minimum absolute atomic E-state index is 0.0620. The number of hydrogen-bond donors (Lipinski definition) is 1. The van der Waals surface area contributed by atoms with Crippen molar-refractivity contribution in [3.05, 3.63) is 41.3 Å². The van der Waals surface area contributed by atoms with E-state index < -0.39 is 15.7 Å². The Kier molecular flexibility index (Phi) is 3.77. The van der Waals surface area contributed by atoms with Crippen molar-refractivity contribution in [1.82, 2.24) is 5.32 Å². The van der Waals surface area contributed by atoms with Crippen molar-refractivity contribution in [2.75, 3.05) is 12.9 Å². The Bertz CT molecular complexity index is 729. The van der Waals surface area contributed by atoms with Crippen molar-refractivity contribution in [3.8, 4) is 6.07 Å². The summed E-state index contributed by atoms with van der Waals surface area (Å²) in [5.41, 5.74) is 0.561. The first-order chi connectivity index (χ1) is 9.41. The lowest BCUT2D eigenvalue weighted by Crippen LogP contribution is -2.24. The molecule has 1 aliphatic heterocycles. The second-order valence-corrected chi connectivity index (χ2v) is 6.29. The molecule has 1 aromatic carbocycles. The highest BCUT2D eigenvalue weighted by Gasteiger charge is 2.19. The van der Waals surface area contributed by atoms with E-state index in [0.29, 0.717) is 18.6 Å². The fourth-order valence-corrected chi connectivity index (χ4v) is 2.38. The zero-order valence-electron chi connectivity index (χ0n) is 10.7. The summed E-state index contributed by atoms with van der Waals surface area (Å²) in [7, 11) is -3.38. The molecule has 0 spiro atoms. The van der Waals surface area contributed by atoms with Gasteiger partial charge in [0.05, 0.1) is 17.1 Å². The quantitative estimate of drug-likeness (QED) is 0.895. The molecule has 0 aromatic heterocycles. The van der Waals surface area contributed by atoms with Gasteiger partial charge in [0.15, 0.2) is 9.84 Å². The zero-order chi connectivity index (χ0) is 14.8. The van der Waals surface area contributed by atoms with Gasteiger partial charge in [0.1, 0.15) is 6.07 Å². The maximum atomic E-state index is 12.0. The molecular weight excluding hydrogens is 280 g/mol. The van der Waals surface area contributed by atoms with Gasteiger partial charge in [0, 0.05) is 18.2 Å². The third kappa shape index (κ3) is 2.97. The number of nitrogens with one attached hydrogen (secondary N) is 1. The Morgan fingerprint density at radius 2 is 2.20 bits per heavy atom. The summed E-state index contributed by atoms with van der Waals surface area (Å²) in [6, 6.07) is 7.63. The summed E-state index contributed by atoms with van der Waals surface area (Å²) in [4.78, 5) is 12.1. The average Bonchev–Trinajstić information content (AvgIpc) is 2.85. The van der Waals surface area contributed by atoms with Gasteiger partial charge < -0.3 is 4.74 Å². The monoisotopic (exact) mass is 292 g/mol. The van der Waals surface area contributed by atoms with E-state index in [9.17, 15) is 13.2 Å². The van der Waals surface area contributed by atoms with Crippen LogP contribution in [0.2, 0.25) is 0 Å². The van der Waals surface area contributed by atoms with Crippen molar-refractivity contribution in [1.29, 1.82) is 5.26 Å². The van der Waals surface area contributed by atoms with E-state index in [-0.39, 0.29) is 16.3 Å². The molecule has 1 aromatic rings. The van der Waals surface area contributed by atoms with Gasteiger partial charge in [0.2, 0.25) is 5.88 Å². The molecule has 1 heterocycles. The highest BCUT2D eigenvalue weighted by Crippen LogP contribution is 2.17. The number of ether oxygens (including phenoxy) is 1. The maximum Gasteiger partial charge on any atom is 0.258 e. The molecule has 2 rings (SSSR count). The molecule has 0 radical (unpaired) electrons. The van der Waals surface area contributed by atoms with Crippen molar-refractivity contribution in [2.24, 2.45) is 0 Å². The van der Waals surface area contributed by atoms with Crippen LogP contribution in [0.15, 0.2) is 40.6 Å². The first kappa shape index (κ1) is 14.1. The Morgan fingerprint density at radius 1 is 1.45 bits per heavy atom. The largest absolute Gasteiger partial charge is 0.478 e. The lowest BCUT2D eigenvalue weighted by atomic mass is 10.2. The first-order valence-electron chi connectivity index (χ1n) is 5.79. The summed E-state index contributed by atoms with van der Waals surface area (Å²) in [5.74, 6) is -0.373. The van der Waals surface area contributed by atoms with E-state index >= 15 is 0 Å². The van der Waals surface area contributed by atoms with E-state index in [2.05, 4.69) is 5.32 Å². The van der Waals surface area contributed by atoms with E-state index in [1.807, 2.05) is 6.07 Å². The third-order valence-corrected chi connectivity index (χ3v) is 3.87. The van der Waals surface area contributed by atoms with Crippen LogP contribution in [0.25, 0.3) is 0 Å². The summed E-state index contributed by atoms with van der Waals surface area (Å²) >= 11 is 0. The van der Waals surface area contributed by atoms with Crippen molar-refractivity contribution in [3.63, 3.8) is 0 Å².